The minimum Gasteiger partial charge on any atom is -0.485 e. The maximum Gasteiger partial charge on any atom is 0.163 e. The van der Waals surface area contributed by atoms with Crippen molar-refractivity contribution in [1.29, 1.82) is 15.8 Å². The Morgan fingerprint density at radius 2 is 0.964 bits per heavy atom. The second kappa shape index (κ2) is 8.90. The number of ether oxygens (including phenoxy) is 2. The average Bonchev–Trinajstić information content (AvgIpc) is 2.77. The zero-order valence-electron chi connectivity index (χ0n) is 14.9. The number of hydrogen-bond donors (Lipinski definition) is 0. The van der Waals surface area contributed by atoms with Crippen molar-refractivity contribution in [2.75, 3.05) is 0 Å². The van der Waals surface area contributed by atoms with E-state index in [1.807, 2.05) is 24.3 Å². The van der Waals surface area contributed by atoms with Crippen molar-refractivity contribution in [2.45, 2.75) is 13.2 Å². The number of nitriles is 3. The summed E-state index contributed by atoms with van der Waals surface area (Å²) < 4.78 is 11.7. The number of rotatable bonds is 6. The first-order valence-corrected chi connectivity index (χ1v) is 8.49. The molecule has 0 saturated heterocycles. The molecule has 5 nitrogen and oxygen atoms in total. The van der Waals surface area contributed by atoms with Crippen LogP contribution >= 0.6 is 0 Å². The summed E-state index contributed by atoms with van der Waals surface area (Å²) in [7, 11) is 0. The van der Waals surface area contributed by atoms with Crippen molar-refractivity contribution in [1.82, 2.24) is 0 Å². The highest BCUT2D eigenvalue weighted by Gasteiger charge is 2.08. The highest BCUT2D eigenvalue weighted by Crippen LogP contribution is 2.30. The first-order valence-electron chi connectivity index (χ1n) is 8.49. The van der Waals surface area contributed by atoms with Crippen molar-refractivity contribution in [3.63, 3.8) is 0 Å². The number of nitrogens with zero attached hydrogens (tertiary/aromatic N) is 3. The predicted octanol–water partition coefficient (Wildman–Crippen LogP) is 4.46. The lowest BCUT2D eigenvalue weighted by Gasteiger charge is -2.13. The average molecular weight is 365 g/mol. The van der Waals surface area contributed by atoms with Gasteiger partial charge in [0.15, 0.2) is 11.5 Å². The normalized spacial score (nSPS) is 9.61. The molecule has 5 heteroatoms. The van der Waals surface area contributed by atoms with Crippen molar-refractivity contribution >= 4 is 0 Å². The van der Waals surface area contributed by atoms with E-state index < -0.39 is 0 Å². The Morgan fingerprint density at radius 1 is 0.536 bits per heavy atom. The van der Waals surface area contributed by atoms with Gasteiger partial charge in [-0.15, -0.1) is 0 Å². The molecule has 0 aliphatic rings. The molecule has 0 aliphatic carbocycles. The molecule has 0 bridgehead atoms. The van der Waals surface area contributed by atoms with Gasteiger partial charge in [0.05, 0.1) is 34.9 Å². The molecule has 0 aromatic heterocycles. The quantitative estimate of drug-likeness (QED) is 0.643. The van der Waals surface area contributed by atoms with E-state index in [1.165, 1.54) is 0 Å². The van der Waals surface area contributed by atoms with E-state index in [9.17, 15) is 0 Å². The van der Waals surface area contributed by atoms with Gasteiger partial charge in [-0.3, -0.25) is 0 Å². The fourth-order valence-corrected chi connectivity index (χ4v) is 2.48. The monoisotopic (exact) mass is 365 g/mol. The summed E-state index contributed by atoms with van der Waals surface area (Å²) in [6.07, 6.45) is 0. The number of benzene rings is 3. The Morgan fingerprint density at radius 3 is 1.43 bits per heavy atom. The molecule has 134 valence electrons. The molecular weight excluding hydrogens is 350 g/mol. The first kappa shape index (κ1) is 18.5. The molecule has 3 aromatic carbocycles. The molecule has 0 heterocycles. The molecule has 3 aromatic rings. The van der Waals surface area contributed by atoms with Crippen molar-refractivity contribution in [3.8, 4) is 29.7 Å². The van der Waals surface area contributed by atoms with Crippen molar-refractivity contribution < 1.29 is 9.47 Å². The Kier molecular flexibility index (Phi) is 5.89. The molecule has 0 atom stereocenters. The van der Waals surface area contributed by atoms with Crippen LogP contribution in [0.1, 0.15) is 27.8 Å². The molecule has 0 amide bonds. The van der Waals surface area contributed by atoms with Crippen LogP contribution < -0.4 is 9.47 Å². The summed E-state index contributed by atoms with van der Waals surface area (Å²) >= 11 is 0. The maximum absolute atomic E-state index is 9.15. The van der Waals surface area contributed by atoms with Crippen LogP contribution in [-0.4, -0.2) is 0 Å². The summed E-state index contributed by atoms with van der Waals surface area (Å²) in [4.78, 5) is 0. The highest BCUT2D eigenvalue weighted by molar-refractivity contribution is 5.47. The van der Waals surface area contributed by atoms with E-state index in [-0.39, 0.29) is 6.61 Å². The summed E-state index contributed by atoms with van der Waals surface area (Å²) in [6.45, 7) is 0.596. The second-order valence-electron chi connectivity index (χ2n) is 5.97. The Hall–Kier alpha value is -4.27. The standard InChI is InChI=1S/C23H15N3O2/c24-12-17-1-5-19(6-2-17)15-27-22-10-9-21(14-26)11-23(22)28-16-20-7-3-18(13-25)4-8-20/h1-11H,15-16H2. The molecule has 0 aliphatic heterocycles. The summed E-state index contributed by atoms with van der Waals surface area (Å²) in [5.41, 5.74) is 3.47. The summed E-state index contributed by atoms with van der Waals surface area (Å²) in [5, 5.41) is 26.9. The van der Waals surface area contributed by atoms with Crippen LogP contribution in [-0.2, 0) is 13.2 Å². The third-order valence-corrected chi connectivity index (χ3v) is 4.03. The zero-order valence-corrected chi connectivity index (χ0v) is 14.9. The van der Waals surface area contributed by atoms with E-state index in [4.69, 9.17) is 25.3 Å². The molecule has 28 heavy (non-hydrogen) atoms. The minimum absolute atomic E-state index is 0.286. The van der Waals surface area contributed by atoms with E-state index >= 15 is 0 Å². The lowest BCUT2D eigenvalue weighted by molar-refractivity contribution is 0.256. The topological polar surface area (TPSA) is 89.8 Å². The van der Waals surface area contributed by atoms with E-state index in [2.05, 4.69) is 18.2 Å². The molecule has 0 unspecified atom stereocenters. The van der Waals surface area contributed by atoms with Gasteiger partial charge < -0.3 is 9.47 Å². The lowest BCUT2D eigenvalue weighted by Crippen LogP contribution is -2.01. The molecule has 3 rings (SSSR count). The van der Waals surface area contributed by atoms with Gasteiger partial charge in [-0.2, -0.15) is 15.8 Å². The van der Waals surface area contributed by atoms with Crippen LogP contribution in [0.2, 0.25) is 0 Å². The molecule has 0 saturated carbocycles. The van der Waals surface area contributed by atoms with Crippen LogP contribution in [0.15, 0.2) is 66.7 Å². The summed E-state index contributed by atoms with van der Waals surface area (Å²) in [5.74, 6) is 0.994. The molecule has 0 fully saturated rings. The molecule has 0 N–H and O–H groups in total. The fourth-order valence-electron chi connectivity index (χ4n) is 2.48. The van der Waals surface area contributed by atoms with E-state index in [0.717, 1.165) is 11.1 Å². The smallest absolute Gasteiger partial charge is 0.163 e. The zero-order chi connectivity index (χ0) is 19.8. The van der Waals surface area contributed by atoms with Crippen LogP contribution in [0.5, 0.6) is 11.5 Å². The van der Waals surface area contributed by atoms with E-state index in [1.54, 1.807) is 42.5 Å². The van der Waals surface area contributed by atoms with E-state index in [0.29, 0.717) is 34.8 Å². The number of hydrogen-bond acceptors (Lipinski definition) is 5. The van der Waals surface area contributed by atoms with Crippen LogP contribution in [0.3, 0.4) is 0 Å². The van der Waals surface area contributed by atoms with Gasteiger partial charge in [0.25, 0.3) is 0 Å². The Labute approximate surface area is 163 Å². The lowest BCUT2D eigenvalue weighted by atomic mass is 10.1. The second-order valence-corrected chi connectivity index (χ2v) is 5.97. The first-order chi connectivity index (χ1) is 13.7. The van der Waals surface area contributed by atoms with Gasteiger partial charge in [-0.05, 0) is 47.5 Å². The Bertz CT molecular complexity index is 1080. The largest absolute Gasteiger partial charge is 0.485 e. The van der Waals surface area contributed by atoms with Gasteiger partial charge in [0.1, 0.15) is 13.2 Å². The van der Waals surface area contributed by atoms with Gasteiger partial charge in [0, 0.05) is 6.07 Å². The fraction of sp³-hybridized carbons (Fsp3) is 0.0870. The molecule has 0 radical (unpaired) electrons. The van der Waals surface area contributed by atoms with Crippen LogP contribution in [0.4, 0.5) is 0 Å². The minimum atomic E-state index is 0.286. The van der Waals surface area contributed by atoms with Gasteiger partial charge in [-0.25, -0.2) is 0 Å². The van der Waals surface area contributed by atoms with Crippen LogP contribution in [0, 0.1) is 34.0 Å². The SMILES string of the molecule is N#Cc1ccc(COc2ccc(C#N)cc2OCc2ccc(C#N)cc2)cc1. The highest BCUT2D eigenvalue weighted by atomic mass is 16.5. The summed E-state index contributed by atoms with van der Waals surface area (Å²) in [6, 6.07) is 25.5. The Balaban J connectivity index is 1.72. The van der Waals surface area contributed by atoms with Gasteiger partial charge in [0.2, 0.25) is 0 Å². The molecular formula is C23H15N3O2. The van der Waals surface area contributed by atoms with Crippen molar-refractivity contribution in [2.24, 2.45) is 0 Å². The molecule has 0 spiro atoms. The van der Waals surface area contributed by atoms with Crippen LogP contribution in [0.25, 0.3) is 0 Å². The predicted molar refractivity (Wildman–Crippen MR) is 102 cm³/mol. The third kappa shape index (κ3) is 4.67. The van der Waals surface area contributed by atoms with Crippen molar-refractivity contribution in [3.05, 3.63) is 94.5 Å². The third-order valence-electron chi connectivity index (χ3n) is 4.03. The van der Waals surface area contributed by atoms with Gasteiger partial charge in [-0.1, -0.05) is 24.3 Å². The van der Waals surface area contributed by atoms with Gasteiger partial charge >= 0.3 is 0 Å². The maximum atomic E-state index is 9.15.